The molecule has 0 radical (unpaired) electrons. The molecule has 1 aliphatic heterocycles. The summed E-state index contributed by atoms with van der Waals surface area (Å²) in [4.78, 5) is 36.7. The molecule has 2 heterocycles. The summed E-state index contributed by atoms with van der Waals surface area (Å²) < 4.78 is 15.3. The molecule has 1 atom stereocenters. The van der Waals surface area contributed by atoms with E-state index < -0.39 is 11.9 Å². The number of furan rings is 1. The normalized spacial score (nSPS) is 15.8. The van der Waals surface area contributed by atoms with Crippen molar-refractivity contribution < 1.29 is 28.3 Å². The third kappa shape index (κ3) is 3.75. The first kappa shape index (κ1) is 18.1. The number of rotatable bonds is 5. The van der Waals surface area contributed by atoms with E-state index in [-0.39, 0.29) is 35.7 Å². The van der Waals surface area contributed by atoms with E-state index >= 15 is 0 Å². The molecule has 0 saturated heterocycles. The molecule has 3 rings (SSSR count). The minimum atomic E-state index is -0.586. The van der Waals surface area contributed by atoms with Gasteiger partial charge in [-0.05, 0) is 38.1 Å². The van der Waals surface area contributed by atoms with Crippen molar-refractivity contribution in [2.24, 2.45) is 0 Å². The van der Waals surface area contributed by atoms with E-state index in [1.807, 2.05) is 6.92 Å². The second kappa shape index (κ2) is 7.65. The van der Waals surface area contributed by atoms with Crippen molar-refractivity contribution in [2.45, 2.75) is 30.6 Å². The van der Waals surface area contributed by atoms with Crippen LogP contribution in [0.2, 0.25) is 0 Å². The minimum Gasteiger partial charge on any atom is -0.465 e. The van der Waals surface area contributed by atoms with Crippen molar-refractivity contribution in [3.63, 3.8) is 0 Å². The van der Waals surface area contributed by atoms with E-state index in [0.717, 1.165) is 4.90 Å². The SMILES string of the molecule is CCOC(=O)c1ccoc1COC(=O)c1ccc2c(c1)NC(=O)[C@H](C)S2. The molecule has 8 heteroatoms. The lowest BCUT2D eigenvalue weighted by Crippen LogP contribution is -2.26. The van der Waals surface area contributed by atoms with Crippen LogP contribution in [0.1, 0.15) is 40.3 Å². The Morgan fingerprint density at radius 3 is 2.81 bits per heavy atom. The molecule has 0 aliphatic carbocycles. The van der Waals surface area contributed by atoms with E-state index in [2.05, 4.69) is 5.32 Å². The lowest BCUT2D eigenvalue weighted by Gasteiger charge is -2.21. The van der Waals surface area contributed by atoms with Gasteiger partial charge in [0.2, 0.25) is 5.91 Å². The number of ether oxygens (including phenoxy) is 2. The summed E-state index contributed by atoms with van der Waals surface area (Å²) in [5, 5.41) is 2.59. The average molecular weight is 375 g/mol. The summed E-state index contributed by atoms with van der Waals surface area (Å²) >= 11 is 1.43. The summed E-state index contributed by atoms with van der Waals surface area (Å²) in [6, 6.07) is 6.44. The first-order chi connectivity index (χ1) is 12.5. The molecule has 1 aromatic heterocycles. The van der Waals surface area contributed by atoms with Gasteiger partial charge >= 0.3 is 11.9 Å². The van der Waals surface area contributed by atoms with Crippen molar-refractivity contribution in [3.05, 3.63) is 47.4 Å². The number of thioether (sulfide) groups is 1. The average Bonchev–Trinajstić information content (AvgIpc) is 3.09. The molecule has 26 heavy (non-hydrogen) atoms. The van der Waals surface area contributed by atoms with Gasteiger partial charge in [0.1, 0.15) is 5.56 Å². The maximum Gasteiger partial charge on any atom is 0.341 e. The van der Waals surface area contributed by atoms with Crippen LogP contribution in [-0.2, 0) is 20.9 Å². The summed E-state index contributed by atoms with van der Waals surface area (Å²) in [7, 11) is 0. The number of amides is 1. The summed E-state index contributed by atoms with van der Waals surface area (Å²) in [5.41, 5.74) is 1.10. The Morgan fingerprint density at radius 1 is 1.23 bits per heavy atom. The Morgan fingerprint density at radius 2 is 2.04 bits per heavy atom. The van der Waals surface area contributed by atoms with Gasteiger partial charge in [0.05, 0.1) is 29.4 Å². The zero-order chi connectivity index (χ0) is 18.7. The van der Waals surface area contributed by atoms with Crippen LogP contribution in [0.5, 0.6) is 0 Å². The molecule has 0 spiro atoms. The Bertz CT molecular complexity index is 859. The number of anilines is 1. The number of carbonyl (C=O) groups excluding carboxylic acids is 3. The number of hydrogen-bond acceptors (Lipinski definition) is 7. The highest BCUT2D eigenvalue weighted by molar-refractivity contribution is 8.00. The molecule has 0 saturated carbocycles. The second-order valence-corrected chi connectivity index (χ2v) is 6.90. The number of nitrogens with one attached hydrogen (secondary N) is 1. The van der Waals surface area contributed by atoms with Gasteiger partial charge in [-0.25, -0.2) is 9.59 Å². The summed E-state index contributed by atoms with van der Waals surface area (Å²) in [5.74, 6) is -1.01. The van der Waals surface area contributed by atoms with Gasteiger partial charge in [0, 0.05) is 4.90 Å². The smallest absolute Gasteiger partial charge is 0.341 e. The van der Waals surface area contributed by atoms with Crippen molar-refractivity contribution in [2.75, 3.05) is 11.9 Å². The Balaban J connectivity index is 1.68. The fourth-order valence-electron chi connectivity index (χ4n) is 2.39. The molecule has 1 N–H and O–H groups in total. The van der Waals surface area contributed by atoms with Crippen LogP contribution >= 0.6 is 11.8 Å². The minimum absolute atomic E-state index is 0.109. The molecule has 7 nitrogen and oxygen atoms in total. The fraction of sp³-hybridized carbons (Fsp3) is 0.278. The third-order valence-electron chi connectivity index (χ3n) is 3.72. The zero-order valence-electron chi connectivity index (χ0n) is 14.2. The van der Waals surface area contributed by atoms with Gasteiger partial charge in [-0.2, -0.15) is 0 Å². The third-order valence-corrected chi connectivity index (χ3v) is 4.90. The van der Waals surface area contributed by atoms with Crippen molar-refractivity contribution in [1.29, 1.82) is 0 Å². The molecule has 0 bridgehead atoms. The van der Waals surface area contributed by atoms with Crippen LogP contribution in [-0.4, -0.2) is 29.7 Å². The van der Waals surface area contributed by atoms with E-state index in [1.165, 1.54) is 24.1 Å². The topological polar surface area (TPSA) is 94.8 Å². The number of esters is 2. The van der Waals surface area contributed by atoms with Gasteiger partial charge < -0.3 is 19.2 Å². The molecular weight excluding hydrogens is 358 g/mol. The van der Waals surface area contributed by atoms with Crippen molar-refractivity contribution in [3.8, 4) is 0 Å². The molecule has 0 fully saturated rings. The monoisotopic (exact) mass is 375 g/mol. The van der Waals surface area contributed by atoms with Crippen LogP contribution in [0.3, 0.4) is 0 Å². The molecule has 1 aliphatic rings. The highest BCUT2D eigenvalue weighted by Crippen LogP contribution is 2.36. The molecule has 136 valence electrons. The molecule has 1 amide bonds. The highest BCUT2D eigenvalue weighted by Gasteiger charge is 2.24. The van der Waals surface area contributed by atoms with Crippen molar-refractivity contribution >= 4 is 35.3 Å². The first-order valence-corrected chi connectivity index (χ1v) is 8.89. The molecular formula is C18H17NO6S. The lowest BCUT2D eigenvalue weighted by molar-refractivity contribution is -0.115. The van der Waals surface area contributed by atoms with Gasteiger partial charge in [-0.1, -0.05) is 0 Å². The van der Waals surface area contributed by atoms with E-state index in [0.29, 0.717) is 11.3 Å². The molecule has 0 unspecified atom stereocenters. The van der Waals surface area contributed by atoms with E-state index in [4.69, 9.17) is 13.9 Å². The van der Waals surface area contributed by atoms with E-state index in [1.54, 1.807) is 25.1 Å². The Hall–Kier alpha value is -2.74. The second-order valence-electron chi connectivity index (χ2n) is 5.51. The zero-order valence-corrected chi connectivity index (χ0v) is 15.1. The van der Waals surface area contributed by atoms with Crippen LogP contribution in [0.4, 0.5) is 5.69 Å². The van der Waals surface area contributed by atoms with Gasteiger partial charge in [0.25, 0.3) is 0 Å². The number of hydrogen-bond donors (Lipinski definition) is 1. The quantitative estimate of drug-likeness (QED) is 0.802. The maximum absolute atomic E-state index is 12.3. The molecule has 2 aromatic rings. The van der Waals surface area contributed by atoms with Crippen molar-refractivity contribution in [1.82, 2.24) is 0 Å². The standard InChI is InChI=1S/C18H17NO6S/c1-3-23-18(22)12-6-7-24-14(12)9-25-17(21)11-4-5-15-13(8-11)19-16(20)10(2)26-15/h4-8,10H,3,9H2,1-2H3,(H,19,20)/t10-/m0/s1. The van der Waals surface area contributed by atoms with Gasteiger partial charge in [-0.3, -0.25) is 4.79 Å². The van der Waals surface area contributed by atoms with Crippen LogP contribution in [0.15, 0.2) is 39.8 Å². The lowest BCUT2D eigenvalue weighted by atomic mass is 10.2. The summed E-state index contributed by atoms with van der Waals surface area (Å²) in [6.07, 6.45) is 1.34. The number of benzene rings is 1. The Labute approximate surface area is 154 Å². The maximum atomic E-state index is 12.3. The Kier molecular flexibility index (Phi) is 5.32. The van der Waals surface area contributed by atoms with Crippen LogP contribution < -0.4 is 5.32 Å². The predicted molar refractivity (Wildman–Crippen MR) is 94.2 cm³/mol. The number of fused-ring (bicyclic) bond motifs is 1. The van der Waals surface area contributed by atoms with Crippen LogP contribution in [0.25, 0.3) is 0 Å². The van der Waals surface area contributed by atoms with Gasteiger partial charge in [0.15, 0.2) is 12.4 Å². The van der Waals surface area contributed by atoms with Gasteiger partial charge in [-0.15, -0.1) is 11.8 Å². The fourth-order valence-corrected chi connectivity index (χ4v) is 3.32. The summed E-state index contributed by atoms with van der Waals surface area (Å²) in [6.45, 7) is 3.55. The van der Waals surface area contributed by atoms with E-state index in [9.17, 15) is 14.4 Å². The predicted octanol–water partition coefficient (Wildman–Crippen LogP) is 3.25. The largest absolute Gasteiger partial charge is 0.465 e. The number of carbonyl (C=O) groups is 3. The molecule has 1 aromatic carbocycles. The highest BCUT2D eigenvalue weighted by atomic mass is 32.2. The first-order valence-electron chi connectivity index (χ1n) is 8.01. The van der Waals surface area contributed by atoms with Crippen LogP contribution in [0, 0.1) is 0 Å².